The molecule has 0 spiro atoms. The van der Waals surface area contributed by atoms with Gasteiger partial charge in [0.1, 0.15) is 5.52 Å². The quantitative estimate of drug-likeness (QED) is 0.484. The fraction of sp³-hybridized carbons (Fsp3) is 0.158. The van der Waals surface area contributed by atoms with Crippen LogP contribution in [0.2, 0.25) is 0 Å². The first kappa shape index (κ1) is 16.6. The van der Waals surface area contributed by atoms with Gasteiger partial charge in [-0.2, -0.15) is 0 Å². The van der Waals surface area contributed by atoms with Gasteiger partial charge in [0.05, 0.1) is 12.1 Å². The van der Waals surface area contributed by atoms with E-state index in [1.807, 2.05) is 62.4 Å². The predicted octanol–water partition coefficient (Wildman–Crippen LogP) is 0.632. The van der Waals surface area contributed by atoms with Crippen LogP contribution in [0.1, 0.15) is 16.8 Å². The normalized spacial score (nSPS) is 11.5. The lowest BCUT2D eigenvalue weighted by atomic mass is 10.1. The van der Waals surface area contributed by atoms with Gasteiger partial charge in [-0.15, -0.1) is 9.97 Å². The van der Waals surface area contributed by atoms with Crippen LogP contribution in [0.4, 0.5) is 5.95 Å². The maximum Gasteiger partial charge on any atom is 0.354 e. The van der Waals surface area contributed by atoms with Gasteiger partial charge in [-0.25, -0.2) is 10.3 Å². The summed E-state index contributed by atoms with van der Waals surface area (Å²) >= 11 is 0. The van der Waals surface area contributed by atoms with Gasteiger partial charge in [-0.3, -0.25) is 4.79 Å². The molecular weight excluding hydrogens is 314 g/mol. The van der Waals surface area contributed by atoms with Crippen molar-refractivity contribution >= 4 is 28.7 Å². The summed E-state index contributed by atoms with van der Waals surface area (Å²) in [5.41, 5.74) is 9.59. The number of guanidine groups is 1. The standard InChI is InChI=1S/C19H19N5O/c1-12-8-9-15-13(2)21-19(22-16(15)10-12)24-18(20)23-17(25)11-14-6-4-3-5-7-14/h3-10H,11H2,1-2H3,(H3,20,21,22,23,24,25)/p+1. The Hall–Kier alpha value is -3.28. The summed E-state index contributed by atoms with van der Waals surface area (Å²) in [6, 6.07) is 15.5. The van der Waals surface area contributed by atoms with E-state index in [1.54, 1.807) is 0 Å². The van der Waals surface area contributed by atoms with Crippen molar-refractivity contribution in [2.24, 2.45) is 5.73 Å². The van der Waals surface area contributed by atoms with Crippen molar-refractivity contribution in [2.45, 2.75) is 20.3 Å². The molecule has 1 amide bonds. The lowest BCUT2D eigenvalue weighted by Crippen LogP contribution is -2.75. The van der Waals surface area contributed by atoms with E-state index >= 15 is 0 Å². The molecule has 2 aromatic carbocycles. The molecule has 25 heavy (non-hydrogen) atoms. The number of aryl methyl sites for hydroxylation is 2. The molecular formula is C19H20N5O+. The third-order valence-electron chi connectivity index (χ3n) is 3.77. The summed E-state index contributed by atoms with van der Waals surface area (Å²) in [5.74, 6) is 0.255. The number of hydrogen-bond donors (Lipinski definition) is 3. The Balaban J connectivity index is 1.77. The van der Waals surface area contributed by atoms with Gasteiger partial charge in [0.15, 0.2) is 0 Å². The Morgan fingerprint density at radius 1 is 1.12 bits per heavy atom. The van der Waals surface area contributed by atoms with Gasteiger partial charge in [0.25, 0.3) is 11.9 Å². The second-order valence-electron chi connectivity index (χ2n) is 5.90. The molecule has 0 fully saturated rings. The average molecular weight is 334 g/mol. The van der Waals surface area contributed by atoms with Gasteiger partial charge in [0.2, 0.25) is 0 Å². The largest absolute Gasteiger partial charge is 0.354 e. The SMILES string of the molecule is Cc1ccc2c(C)nc(/[NH+]=C(\N)NC(=O)Cc3ccccc3)nc2c1. The van der Waals surface area contributed by atoms with E-state index in [2.05, 4.69) is 20.3 Å². The van der Waals surface area contributed by atoms with Crippen molar-refractivity contribution in [1.82, 2.24) is 15.3 Å². The predicted molar refractivity (Wildman–Crippen MR) is 97.1 cm³/mol. The number of carbonyl (C=O) groups is 1. The number of carbonyl (C=O) groups excluding carboxylic acids is 1. The van der Waals surface area contributed by atoms with Crippen molar-refractivity contribution in [3.05, 3.63) is 65.4 Å². The Morgan fingerprint density at radius 2 is 1.88 bits per heavy atom. The minimum atomic E-state index is -0.204. The Labute approximate surface area is 145 Å². The number of hydrogen-bond acceptors (Lipinski definition) is 3. The van der Waals surface area contributed by atoms with Crippen molar-refractivity contribution < 1.29 is 9.79 Å². The highest BCUT2D eigenvalue weighted by atomic mass is 16.1. The molecule has 0 saturated carbocycles. The molecule has 4 N–H and O–H groups in total. The molecule has 126 valence electrons. The fourth-order valence-corrected chi connectivity index (χ4v) is 2.58. The number of nitrogens with two attached hydrogens (primary N) is 1. The van der Waals surface area contributed by atoms with E-state index in [0.717, 1.165) is 27.7 Å². The highest BCUT2D eigenvalue weighted by Gasteiger charge is 2.11. The third-order valence-corrected chi connectivity index (χ3v) is 3.77. The molecule has 6 heteroatoms. The molecule has 6 nitrogen and oxygen atoms in total. The molecule has 3 aromatic rings. The zero-order chi connectivity index (χ0) is 17.8. The number of rotatable bonds is 3. The summed E-state index contributed by atoms with van der Waals surface area (Å²) in [5, 5.41) is 3.61. The number of aromatic nitrogens is 2. The summed E-state index contributed by atoms with van der Waals surface area (Å²) in [4.78, 5) is 23.7. The Kier molecular flexibility index (Phi) is 4.70. The Bertz CT molecular complexity index is 951. The number of amides is 1. The summed E-state index contributed by atoms with van der Waals surface area (Å²) in [6.45, 7) is 3.92. The summed E-state index contributed by atoms with van der Waals surface area (Å²) in [6.07, 6.45) is 0.250. The van der Waals surface area contributed by atoms with E-state index in [9.17, 15) is 4.79 Å². The number of benzene rings is 2. The molecule has 0 aliphatic heterocycles. The van der Waals surface area contributed by atoms with E-state index < -0.39 is 0 Å². The van der Waals surface area contributed by atoms with Crippen molar-refractivity contribution in [2.75, 3.05) is 0 Å². The monoisotopic (exact) mass is 334 g/mol. The minimum absolute atomic E-state index is 0.104. The zero-order valence-corrected chi connectivity index (χ0v) is 14.2. The van der Waals surface area contributed by atoms with Crippen LogP contribution in [0, 0.1) is 13.8 Å². The molecule has 3 rings (SSSR count). The van der Waals surface area contributed by atoms with Crippen LogP contribution in [0.3, 0.4) is 0 Å². The van der Waals surface area contributed by atoms with Crippen LogP contribution in [0.25, 0.3) is 10.9 Å². The van der Waals surface area contributed by atoms with Crippen LogP contribution < -0.4 is 16.0 Å². The number of nitrogens with one attached hydrogen (secondary N) is 2. The highest BCUT2D eigenvalue weighted by Crippen LogP contribution is 2.16. The van der Waals surface area contributed by atoms with Gasteiger partial charge in [-0.1, -0.05) is 36.4 Å². The summed E-state index contributed by atoms with van der Waals surface area (Å²) < 4.78 is 0. The first-order valence-corrected chi connectivity index (χ1v) is 7.99. The van der Waals surface area contributed by atoms with Crippen LogP contribution in [-0.4, -0.2) is 21.8 Å². The molecule has 0 aliphatic carbocycles. The van der Waals surface area contributed by atoms with Gasteiger partial charge in [-0.05, 0) is 37.1 Å². The molecule has 0 atom stereocenters. The zero-order valence-electron chi connectivity index (χ0n) is 14.2. The second kappa shape index (κ2) is 7.09. The maximum absolute atomic E-state index is 12.0. The molecule has 0 bridgehead atoms. The first-order chi connectivity index (χ1) is 12.0. The number of fused-ring (bicyclic) bond motifs is 1. The van der Waals surface area contributed by atoms with Gasteiger partial charge < -0.3 is 5.73 Å². The average Bonchev–Trinajstić information content (AvgIpc) is 2.54. The molecule has 0 aliphatic rings. The molecule has 0 saturated heterocycles. The smallest absolute Gasteiger partial charge is 0.322 e. The van der Waals surface area contributed by atoms with Crippen LogP contribution in [-0.2, 0) is 11.2 Å². The minimum Gasteiger partial charge on any atom is -0.322 e. The number of nitrogens with zero attached hydrogens (tertiary/aromatic N) is 2. The summed E-state index contributed by atoms with van der Waals surface area (Å²) in [7, 11) is 0. The van der Waals surface area contributed by atoms with E-state index in [-0.39, 0.29) is 18.3 Å². The van der Waals surface area contributed by atoms with Crippen LogP contribution in [0.15, 0.2) is 48.5 Å². The van der Waals surface area contributed by atoms with Crippen molar-refractivity contribution in [3.8, 4) is 0 Å². The third kappa shape index (κ3) is 4.17. The van der Waals surface area contributed by atoms with Crippen molar-refractivity contribution in [3.63, 3.8) is 0 Å². The van der Waals surface area contributed by atoms with Gasteiger partial charge >= 0.3 is 5.95 Å². The topological polar surface area (TPSA) is 94.9 Å². The van der Waals surface area contributed by atoms with Crippen molar-refractivity contribution in [1.29, 1.82) is 0 Å². The Morgan fingerprint density at radius 3 is 2.64 bits per heavy atom. The van der Waals surface area contributed by atoms with Crippen LogP contribution in [0.5, 0.6) is 0 Å². The van der Waals surface area contributed by atoms with E-state index in [0.29, 0.717) is 5.95 Å². The second-order valence-corrected chi connectivity index (χ2v) is 5.90. The molecule has 1 heterocycles. The lowest BCUT2D eigenvalue weighted by Gasteiger charge is -2.02. The van der Waals surface area contributed by atoms with Gasteiger partial charge in [0, 0.05) is 5.39 Å². The molecule has 1 aromatic heterocycles. The van der Waals surface area contributed by atoms with Crippen LogP contribution >= 0.6 is 0 Å². The highest BCUT2D eigenvalue weighted by molar-refractivity contribution is 5.94. The molecule has 0 radical (unpaired) electrons. The molecule has 0 unspecified atom stereocenters. The van der Waals surface area contributed by atoms with E-state index in [4.69, 9.17) is 5.73 Å². The first-order valence-electron chi connectivity index (χ1n) is 7.99. The lowest BCUT2D eigenvalue weighted by molar-refractivity contribution is -0.367. The maximum atomic E-state index is 12.0. The fourth-order valence-electron chi connectivity index (χ4n) is 2.58. The van der Waals surface area contributed by atoms with E-state index in [1.165, 1.54) is 0 Å².